The number of benzene rings is 2. The third-order valence-corrected chi connectivity index (χ3v) is 5.30. The minimum Gasteiger partial charge on any atom is -0.348 e. The van der Waals surface area contributed by atoms with Gasteiger partial charge >= 0.3 is 0 Å². The van der Waals surface area contributed by atoms with Gasteiger partial charge in [-0.15, -0.1) is 0 Å². The van der Waals surface area contributed by atoms with Crippen molar-refractivity contribution in [1.82, 2.24) is 25.3 Å². The van der Waals surface area contributed by atoms with Crippen molar-refractivity contribution in [2.24, 2.45) is 0 Å². The van der Waals surface area contributed by atoms with E-state index in [0.29, 0.717) is 28.5 Å². The SMILES string of the molecule is CC.CC.Cc1ncc(CC(=O)NCC(=O)c2ccccc2)c(=O)[nH]1.Cc1ncc(CC(=O)Nc2ccccc2)c(=O)[nH]1. The van der Waals surface area contributed by atoms with Crippen LogP contribution in [-0.2, 0) is 22.4 Å². The number of para-hydroxylation sites is 1. The Morgan fingerprint density at radius 1 is 0.674 bits per heavy atom. The van der Waals surface area contributed by atoms with Crippen molar-refractivity contribution in [3.8, 4) is 0 Å². The molecule has 0 fully saturated rings. The summed E-state index contributed by atoms with van der Waals surface area (Å²) in [6.07, 6.45) is 2.70. The number of Topliss-reactive ketones (excluding diaryl/α,β-unsaturated/α-hetero) is 1. The molecule has 0 aliphatic heterocycles. The van der Waals surface area contributed by atoms with Crippen LogP contribution in [0.1, 0.15) is 60.8 Å². The summed E-state index contributed by atoms with van der Waals surface area (Å²) in [4.78, 5) is 71.4. The largest absolute Gasteiger partial charge is 0.348 e. The molecule has 11 heteroatoms. The van der Waals surface area contributed by atoms with Crippen molar-refractivity contribution in [3.05, 3.63) is 122 Å². The number of H-pyrrole nitrogens is 2. The number of carbonyl (C=O) groups is 3. The Hall–Kier alpha value is -5.19. The molecule has 11 nitrogen and oxygen atoms in total. The van der Waals surface area contributed by atoms with Crippen molar-refractivity contribution in [2.45, 2.75) is 54.4 Å². The molecule has 4 N–H and O–H groups in total. The van der Waals surface area contributed by atoms with Crippen molar-refractivity contribution < 1.29 is 14.4 Å². The first kappa shape index (κ1) is 35.8. The molecule has 0 aliphatic rings. The summed E-state index contributed by atoms with van der Waals surface area (Å²) in [6, 6.07) is 17.8. The number of amides is 2. The average Bonchev–Trinajstić information content (AvgIpc) is 3.02. The number of hydrogen-bond acceptors (Lipinski definition) is 7. The van der Waals surface area contributed by atoms with E-state index in [1.807, 2.05) is 52.0 Å². The van der Waals surface area contributed by atoms with Gasteiger partial charge in [0.05, 0.1) is 19.4 Å². The minimum absolute atomic E-state index is 0.0114. The number of ketones is 1. The zero-order valence-corrected chi connectivity index (χ0v) is 25.5. The number of carbonyl (C=O) groups excluding carboxylic acids is 3. The van der Waals surface area contributed by atoms with Gasteiger partial charge in [-0.2, -0.15) is 0 Å². The van der Waals surface area contributed by atoms with Crippen LogP contribution >= 0.6 is 0 Å². The zero-order chi connectivity index (χ0) is 32.2. The molecule has 0 unspecified atom stereocenters. The molecular formula is C32H40N6O5. The van der Waals surface area contributed by atoms with Gasteiger partial charge in [0, 0.05) is 34.8 Å². The minimum atomic E-state index is -0.393. The molecule has 228 valence electrons. The van der Waals surface area contributed by atoms with Gasteiger partial charge in [0.25, 0.3) is 11.1 Å². The lowest BCUT2D eigenvalue weighted by Gasteiger charge is -2.04. The number of aromatic nitrogens is 4. The second-order valence-corrected chi connectivity index (χ2v) is 8.48. The Morgan fingerprint density at radius 3 is 1.58 bits per heavy atom. The maximum atomic E-state index is 11.8. The highest BCUT2D eigenvalue weighted by molar-refractivity contribution is 5.99. The Morgan fingerprint density at radius 2 is 1.12 bits per heavy atom. The molecule has 4 aromatic rings. The Kier molecular flexibility index (Phi) is 16.5. The number of anilines is 1. The monoisotopic (exact) mass is 588 g/mol. The van der Waals surface area contributed by atoms with E-state index in [0.717, 1.165) is 0 Å². The van der Waals surface area contributed by atoms with Crippen LogP contribution in [-0.4, -0.2) is 44.1 Å². The van der Waals surface area contributed by atoms with E-state index >= 15 is 0 Å². The van der Waals surface area contributed by atoms with E-state index in [4.69, 9.17) is 0 Å². The highest BCUT2D eigenvalue weighted by atomic mass is 16.2. The molecule has 2 aromatic heterocycles. The number of aryl methyl sites for hydroxylation is 2. The van der Waals surface area contributed by atoms with Crippen molar-refractivity contribution in [1.29, 1.82) is 0 Å². The van der Waals surface area contributed by atoms with Crippen molar-refractivity contribution >= 4 is 23.3 Å². The summed E-state index contributed by atoms with van der Waals surface area (Å²) in [5.74, 6) is 0.211. The molecule has 0 aliphatic carbocycles. The van der Waals surface area contributed by atoms with Crippen LogP contribution in [0.5, 0.6) is 0 Å². The molecule has 0 atom stereocenters. The molecule has 0 bridgehead atoms. The molecular weight excluding hydrogens is 548 g/mol. The maximum absolute atomic E-state index is 11.8. The maximum Gasteiger partial charge on any atom is 0.254 e. The van der Waals surface area contributed by atoms with E-state index in [9.17, 15) is 24.0 Å². The molecule has 2 amide bonds. The number of rotatable bonds is 8. The number of aromatic amines is 2. The topological polar surface area (TPSA) is 167 Å². The molecule has 0 saturated heterocycles. The molecule has 2 heterocycles. The quantitative estimate of drug-likeness (QED) is 0.226. The Balaban J connectivity index is 0.000000389. The van der Waals surface area contributed by atoms with Gasteiger partial charge in [-0.3, -0.25) is 24.0 Å². The number of nitrogens with zero attached hydrogens (tertiary/aromatic N) is 2. The van der Waals surface area contributed by atoms with Gasteiger partial charge in [0.1, 0.15) is 11.6 Å². The van der Waals surface area contributed by atoms with Crippen LogP contribution in [0.3, 0.4) is 0 Å². The second kappa shape index (κ2) is 19.8. The van der Waals surface area contributed by atoms with E-state index in [2.05, 4.69) is 30.6 Å². The second-order valence-electron chi connectivity index (χ2n) is 8.48. The molecule has 4 rings (SSSR count). The third kappa shape index (κ3) is 13.3. The van der Waals surface area contributed by atoms with E-state index in [-0.39, 0.29) is 47.8 Å². The van der Waals surface area contributed by atoms with Crippen molar-refractivity contribution in [3.63, 3.8) is 0 Å². The van der Waals surface area contributed by atoms with Crippen LogP contribution in [0.15, 0.2) is 82.6 Å². The van der Waals surface area contributed by atoms with Crippen LogP contribution in [0.25, 0.3) is 0 Å². The lowest BCUT2D eigenvalue weighted by atomic mass is 10.1. The summed E-state index contributed by atoms with van der Waals surface area (Å²) in [7, 11) is 0. The molecule has 0 saturated carbocycles. The van der Waals surface area contributed by atoms with Gasteiger partial charge in [0.2, 0.25) is 11.8 Å². The Bertz CT molecular complexity index is 1550. The Labute approximate surface area is 251 Å². The standard InChI is InChI=1S/C15H15N3O3.C13H13N3O2.2C2H6/c1-10-16-8-12(15(21)18-10)7-14(20)17-9-13(19)11-5-3-2-4-6-11;1-9-14-8-10(13(18)15-9)7-12(17)16-11-5-3-2-4-6-11;2*1-2/h2-6,8H,7,9H2,1H3,(H,17,20)(H,16,18,21);2-6,8H,7H2,1H3,(H,16,17)(H,14,15,18);2*1-2H3. The highest BCUT2D eigenvalue weighted by Crippen LogP contribution is 2.05. The molecule has 43 heavy (non-hydrogen) atoms. The first-order valence-corrected chi connectivity index (χ1v) is 14.0. The molecule has 0 spiro atoms. The predicted molar refractivity (Wildman–Crippen MR) is 168 cm³/mol. The van der Waals surface area contributed by atoms with E-state index < -0.39 is 5.91 Å². The first-order valence-electron chi connectivity index (χ1n) is 14.0. The summed E-state index contributed by atoms with van der Waals surface area (Å²) in [5, 5.41) is 5.21. The van der Waals surface area contributed by atoms with Gasteiger partial charge in [-0.1, -0.05) is 76.2 Å². The zero-order valence-electron chi connectivity index (χ0n) is 25.5. The van der Waals surface area contributed by atoms with Gasteiger partial charge in [-0.25, -0.2) is 9.97 Å². The smallest absolute Gasteiger partial charge is 0.254 e. The fraction of sp³-hybridized carbons (Fsp3) is 0.281. The highest BCUT2D eigenvalue weighted by Gasteiger charge is 2.11. The van der Waals surface area contributed by atoms with Crippen LogP contribution < -0.4 is 21.8 Å². The third-order valence-electron chi connectivity index (χ3n) is 5.30. The van der Waals surface area contributed by atoms with Crippen LogP contribution in [0.2, 0.25) is 0 Å². The first-order chi connectivity index (χ1) is 20.7. The lowest BCUT2D eigenvalue weighted by Crippen LogP contribution is -2.32. The van der Waals surface area contributed by atoms with Crippen LogP contribution in [0, 0.1) is 13.8 Å². The van der Waals surface area contributed by atoms with Gasteiger partial charge < -0.3 is 20.6 Å². The molecule has 2 aromatic carbocycles. The normalized spacial score (nSPS) is 9.44. The van der Waals surface area contributed by atoms with E-state index in [1.165, 1.54) is 12.4 Å². The fourth-order valence-corrected chi connectivity index (χ4v) is 3.31. The number of nitrogens with one attached hydrogen (secondary N) is 4. The summed E-state index contributed by atoms with van der Waals surface area (Å²) in [6.45, 7) is 11.2. The molecule has 0 radical (unpaired) electrons. The van der Waals surface area contributed by atoms with Gasteiger partial charge in [0.15, 0.2) is 5.78 Å². The van der Waals surface area contributed by atoms with Crippen LogP contribution in [0.4, 0.5) is 5.69 Å². The van der Waals surface area contributed by atoms with Crippen molar-refractivity contribution in [2.75, 3.05) is 11.9 Å². The predicted octanol–water partition coefficient (Wildman–Crippen LogP) is 3.93. The van der Waals surface area contributed by atoms with E-state index in [1.54, 1.807) is 50.2 Å². The fourth-order valence-electron chi connectivity index (χ4n) is 3.31. The average molecular weight is 589 g/mol. The van der Waals surface area contributed by atoms with Gasteiger partial charge in [-0.05, 0) is 26.0 Å². The summed E-state index contributed by atoms with van der Waals surface area (Å²) >= 11 is 0. The summed E-state index contributed by atoms with van der Waals surface area (Å²) < 4.78 is 0. The number of hydrogen-bond donors (Lipinski definition) is 4. The lowest BCUT2D eigenvalue weighted by molar-refractivity contribution is -0.120. The summed E-state index contributed by atoms with van der Waals surface area (Å²) in [5.41, 5.74) is 1.25.